The Balaban J connectivity index is 1.36. The van der Waals surface area contributed by atoms with Crippen LogP contribution in [-0.4, -0.2) is 21.4 Å². The predicted molar refractivity (Wildman–Crippen MR) is 150 cm³/mol. The molecule has 4 heteroatoms. The van der Waals surface area contributed by atoms with Crippen molar-refractivity contribution in [3.8, 4) is 23.7 Å². The van der Waals surface area contributed by atoms with Gasteiger partial charge in [-0.05, 0) is 55.0 Å². The predicted octanol–water partition coefficient (Wildman–Crippen LogP) is 5.83. The molecule has 1 N–H and O–H groups in total. The molecule has 1 aliphatic heterocycles. The highest BCUT2D eigenvalue weighted by molar-refractivity contribution is 5.80. The molecular weight excluding hydrogens is 466 g/mol. The van der Waals surface area contributed by atoms with E-state index >= 15 is 0 Å². The van der Waals surface area contributed by atoms with E-state index in [1.54, 1.807) is 0 Å². The normalized spacial score (nSPS) is 17.8. The van der Waals surface area contributed by atoms with Crippen LogP contribution in [0.3, 0.4) is 0 Å². The van der Waals surface area contributed by atoms with Crippen molar-refractivity contribution in [3.05, 3.63) is 131 Å². The van der Waals surface area contributed by atoms with Gasteiger partial charge in [-0.15, -0.1) is 0 Å². The topological polar surface area (TPSA) is 54.9 Å². The highest BCUT2D eigenvalue weighted by Crippen LogP contribution is 2.44. The summed E-state index contributed by atoms with van der Waals surface area (Å²) >= 11 is 0. The molecule has 4 nitrogen and oxygen atoms in total. The maximum absolute atomic E-state index is 12.5. The molecule has 1 amide bonds. The number of benzene rings is 2. The van der Waals surface area contributed by atoms with E-state index in [2.05, 4.69) is 42.8 Å². The van der Waals surface area contributed by atoms with Crippen molar-refractivity contribution in [2.24, 2.45) is 0 Å². The van der Waals surface area contributed by atoms with Gasteiger partial charge in [-0.1, -0.05) is 73.9 Å². The molecule has 0 aliphatic carbocycles. The zero-order valence-electron chi connectivity index (χ0n) is 21.6. The van der Waals surface area contributed by atoms with Gasteiger partial charge in [-0.2, -0.15) is 0 Å². The lowest BCUT2D eigenvalue weighted by Gasteiger charge is -2.40. The summed E-state index contributed by atoms with van der Waals surface area (Å²) in [5.74, 6) is 12.8. The zero-order valence-corrected chi connectivity index (χ0v) is 21.6. The molecule has 2 aromatic carbocycles. The second kappa shape index (κ2) is 11.2. The van der Waals surface area contributed by atoms with Crippen molar-refractivity contribution in [3.63, 3.8) is 0 Å². The second-order valence-electron chi connectivity index (χ2n) is 9.71. The minimum Gasteiger partial charge on any atom is -0.349 e. The molecule has 0 spiro atoms. The van der Waals surface area contributed by atoms with Crippen molar-refractivity contribution < 1.29 is 4.79 Å². The number of hydrogen-bond donors (Lipinski definition) is 1. The summed E-state index contributed by atoms with van der Waals surface area (Å²) < 4.78 is 0. The number of carbonyl (C=O) groups is 1. The number of amides is 1. The van der Waals surface area contributed by atoms with Gasteiger partial charge in [-0.25, -0.2) is 0 Å². The zero-order chi connectivity index (χ0) is 26.4. The quantitative estimate of drug-likeness (QED) is 0.362. The van der Waals surface area contributed by atoms with E-state index in [0.717, 1.165) is 40.1 Å². The number of rotatable bonds is 4. The summed E-state index contributed by atoms with van der Waals surface area (Å²) in [4.78, 5) is 22.0. The van der Waals surface area contributed by atoms with Crippen LogP contribution in [0.2, 0.25) is 0 Å². The first kappa shape index (κ1) is 25.0. The maximum atomic E-state index is 12.5. The maximum Gasteiger partial charge on any atom is 0.220 e. The van der Waals surface area contributed by atoms with Crippen LogP contribution >= 0.6 is 0 Å². The minimum atomic E-state index is -0.481. The molecule has 4 aromatic rings. The molecule has 2 aromatic heterocycles. The van der Waals surface area contributed by atoms with Crippen molar-refractivity contribution in [2.45, 2.75) is 44.1 Å². The highest BCUT2D eigenvalue weighted by Gasteiger charge is 2.48. The van der Waals surface area contributed by atoms with Crippen LogP contribution < -0.4 is 5.32 Å². The third kappa shape index (κ3) is 5.51. The van der Waals surface area contributed by atoms with Gasteiger partial charge >= 0.3 is 0 Å². The molecular formula is C34H29N3O. The lowest BCUT2D eigenvalue weighted by molar-refractivity contribution is -0.120. The lowest BCUT2D eigenvalue weighted by atomic mass is 9.71. The fourth-order valence-electron chi connectivity index (χ4n) is 5.06. The van der Waals surface area contributed by atoms with Gasteiger partial charge in [0.15, 0.2) is 0 Å². The van der Waals surface area contributed by atoms with Gasteiger partial charge in [0, 0.05) is 64.3 Å². The standard InChI is InChI=1S/C34H29N3O/c1-25(31-19-17-29(23-35-31)15-13-27-9-5-3-6-10-27)34(22-21-33(38)37-34)26(2)32-20-18-30(24-36-32)16-14-28-11-7-4-8-12-28/h3-12,17-20,23-26H,21-22H2,1-2H3,(H,37,38). The minimum absolute atomic E-state index is 0.0144. The average molecular weight is 496 g/mol. The molecule has 0 radical (unpaired) electrons. The average Bonchev–Trinajstić information content (AvgIpc) is 3.38. The van der Waals surface area contributed by atoms with Gasteiger partial charge in [-0.3, -0.25) is 14.8 Å². The van der Waals surface area contributed by atoms with E-state index in [1.165, 1.54) is 0 Å². The summed E-state index contributed by atoms with van der Waals surface area (Å²) in [6.07, 6.45) is 4.85. The van der Waals surface area contributed by atoms with Crippen molar-refractivity contribution in [2.75, 3.05) is 0 Å². The Morgan fingerprint density at radius 3 is 1.47 bits per heavy atom. The molecule has 186 valence electrons. The van der Waals surface area contributed by atoms with Crippen LogP contribution in [0.25, 0.3) is 0 Å². The number of aromatic nitrogens is 2. The van der Waals surface area contributed by atoms with E-state index in [1.807, 2.05) is 97.3 Å². The Kier molecular flexibility index (Phi) is 7.34. The van der Waals surface area contributed by atoms with Crippen molar-refractivity contribution in [1.29, 1.82) is 0 Å². The molecule has 2 atom stereocenters. The van der Waals surface area contributed by atoms with Crippen LogP contribution in [0, 0.1) is 23.7 Å². The Morgan fingerprint density at radius 2 is 1.11 bits per heavy atom. The molecule has 1 fully saturated rings. The lowest BCUT2D eigenvalue weighted by Crippen LogP contribution is -2.50. The molecule has 1 aliphatic rings. The first-order chi connectivity index (χ1) is 18.5. The highest BCUT2D eigenvalue weighted by atomic mass is 16.2. The van der Waals surface area contributed by atoms with E-state index in [0.29, 0.717) is 6.42 Å². The second-order valence-corrected chi connectivity index (χ2v) is 9.71. The van der Waals surface area contributed by atoms with Crippen molar-refractivity contribution >= 4 is 5.91 Å². The Hall–Kier alpha value is -4.67. The monoisotopic (exact) mass is 495 g/mol. The number of carbonyl (C=O) groups excluding carboxylic acids is 1. The number of nitrogens with zero attached hydrogens (tertiary/aromatic N) is 2. The van der Waals surface area contributed by atoms with Crippen LogP contribution in [0.5, 0.6) is 0 Å². The van der Waals surface area contributed by atoms with Crippen LogP contribution in [-0.2, 0) is 4.79 Å². The summed E-state index contributed by atoms with van der Waals surface area (Å²) in [5, 5.41) is 3.31. The summed E-state index contributed by atoms with van der Waals surface area (Å²) in [6, 6.07) is 27.9. The van der Waals surface area contributed by atoms with Gasteiger partial charge in [0.2, 0.25) is 5.91 Å². The third-order valence-electron chi connectivity index (χ3n) is 7.39. The number of nitrogens with one attached hydrogen (secondary N) is 1. The van der Waals surface area contributed by atoms with Gasteiger partial charge in [0.25, 0.3) is 0 Å². The molecule has 1 saturated heterocycles. The molecule has 5 rings (SSSR count). The van der Waals surface area contributed by atoms with Gasteiger partial charge in [0.1, 0.15) is 0 Å². The first-order valence-corrected chi connectivity index (χ1v) is 12.9. The Bertz CT molecular complexity index is 1410. The van der Waals surface area contributed by atoms with E-state index in [-0.39, 0.29) is 17.7 Å². The first-order valence-electron chi connectivity index (χ1n) is 12.9. The fraction of sp³-hybridized carbons (Fsp3) is 0.206. The Morgan fingerprint density at radius 1 is 0.658 bits per heavy atom. The van der Waals surface area contributed by atoms with E-state index in [4.69, 9.17) is 9.97 Å². The molecule has 0 bridgehead atoms. The third-order valence-corrected chi connectivity index (χ3v) is 7.39. The van der Waals surface area contributed by atoms with Crippen LogP contribution in [0.15, 0.2) is 97.3 Å². The van der Waals surface area contributed by atoms with Gasteiger partial charge < -0.3 is 5.32 Å². The van der Waals surface area contributed by atoms with E-state index < -0.39 is 5.54 Å². The summed E-state index contributed by atoms with van der Waals surface area (Å²) in [7, 11) is 0. The van der Waals surface area contributed by atoms with Crippen molar-refractivity contribution in [1.82, 2.24) is 15.3 Å². The molecule has 0 saturated carbocycles. The smallest absolute Gasteiger partial charge is 0.220 e. The van der Waals surface area contributed by atoms with Crippen LogP contribution in [0.4, 0.5) is 0 Å². The molecule has 2 unspecified atom stereocenters. The van der Waals surface area contributed by atoms with E-state index in [9.17, 15) is 4.79 Å². The molecule has 38 heavy (non-hydrogen) atoms. The van der Waals surface area contributed by atoms with Crippen LogP contribution in [0.1, 0.15) is 72.2 Å². The molecule has 3 heterocycles. The number of hydrogen-bond acceptors (Lipinski definition) is 3. The summed E-state index contributed by atoms with van der Waals surface area (Å²) in [6.45, 7) is 4.28. The number of pyridine rings is 2. The SMILES string of the molecule is CC(c1ccc(C#Cc2ccccc2)cn1)C1(C(C)c2ccc(C#Cc3ccccc3)cn2)CCC(=O)N1. The van der Waals surface area contributed by atoms with Gasteiger partial charge in [0.05, 0.1) is 5.54 Å². The largest absolute Gasteiger partial charge is 0.349 e. The fourth-order valence-corrected chi connectivity index (χ4v) is 5.06. The Labute approximate surface area is 224 Å². The summed E-state index contributed by atoms with van der Waals surface area (Å²) in [5.41, 5.74) is 5.02.